The van der Waals surface area contributed by atoms with Crippen LogP contribution in [-0.4, -0.2) is 16.0 Å². The van der Waals surface area contributed by atoms with Gasteiger partial charge < -0.3 is 4.74 Å². The summed E-state index contributed by atoms with van der Waals surface area (Å²) in [6.45, 7) is 0.441. The fourth-order valence-electron chi connectivity index (χ4n) is 3.97. The van der Waals surface area contributed by atoms with E-state index in [0.29, 0.717) is 35.8 Å². The van der Waals surface area contributed by atoms with Crippen LogP contribution in [0.25, 0.3) is 16.8 Å². The van der Waals surface area contributed by atoms with E-state index in [4.69, 9.17) is 39.5 Å². The normalized spacial score (nSPS) is 14.7. The van der Waals surface area contributed by atoms with E-state index in [1.165, 1.54) is 4.90 Å². The number of hydrogen-bond donors (Lipinski definition) is 0. The summed E-state index contributed by atoms with van der Waals surface area (Å²) in [5.74, 6) is 0.115. The summed E-state index contributed by atoms with van der Waals surface area (Å²) < 4.78 is 6.51. The Morgan fingerprint density at radius 1 is 0.892 bits per heavy atom. The van der Waals surface area contributed by atoms with Gasteiger partial charge in [0.2, 0.25) is 0 Å². The number of thioether (sulfide) groups is 1. The van der Waals surface area contributed by atoms with E-state index < -0.39 is 0 Å². The molecule has 0 atom stereocenters. The summed E-state index contributed by atoms with van der Waals surface area (Å²) in [6, 6.07) is 22.5. The molecule has 4 aromatic rings. The second-order valence-corrected chi connectivity index (χ2v) is 11.3. The first kappa shape index (κ1) is 26.1. The summed E-state index contributed by atoms with van der Waals surface area (Å²) in [6.07, 6.45) is 1.66. The zero-order valence-electron chi connectivity index (χ0n) is 19.0. The summed E-state index contributed by atoms with van der Waals surface area (Å²) in [7, 11) is 0. The fraction of sp³-hybridized carbons (Fsp3) is 0.0714. The van der Waals surface area contributed by atoms with Crippen LogP contribution in [0.15, 0.2) is 82.2 Å². The van der Waals surface area contributed by atoms with E-state index in [0.717, 1.165) is 33.7 Å². The van der Waals surface area contributed by atoms with Crippen molar-refractivity contribution in [3.8, 4) is 5.75 Å². The fourth-order valence-corrected chi connectivity index (χ4v) is 6.12. The average molecular weight is 634 g/mol. The van der Waals surface area contributed by atoms with Gasteiger partial charge in [-0.25, -0.2) is 0 Å². The van der Waals surface area contributed by atoms with Crippen molar-refractivity contribution in [2.45, 2.75) is 13.2 Å². The van der Waals surface area contributed by atoms with Crippen LogP contribution in [0, 0.1) is 0 Å². The molecule has 0 saturated carbocycles. The lowest BCUT2D eigenvalue weighted by Gasteiger charge is -2.14. The van der Waals surface area contributed by atoms with E-state index in [2.05, 4.69) is 15.9 Å². The smallest absolute Gasteiger partial charge is 0.293 e. The Bertz CT molecular complexity index is 1560. The average Bonchev–Trinajstić information content (AvgIpc) is 3.13. The van der Waals surface area contributed by atoms with Crippen molar-refractivity contribution >= 4 is 90.5 Å². The molecule has 4 aromatic carbocycles. The molecule has 0 radical (unpaired) electrons. The van der Waals surface area contributed by atoms with Crippen LogP contribution in [0.4, 0.5) is 4.79 Å². The number of carbonyl (C=O) groups is 2. The van der Waals surface area contributed by atoms with Gasteiger partial charge in [0.25, 0.3) is 11.1 Å². The maximum atomic E-state index is 13.1. The van der Waals surface area contributed by atoms with Crippen molar-refractivity contribution in [3.63, 3.8) is 0 Å². The minimum absolute atomic E-state index is 0.204. The zero-order chi connectivity index (χ0) is 26.1. The SMILES string of the molecule is O=C1S/C(=C/c2cc(Cl)c(OCc3ccc(Cl)c(Cl)c3)c(Br)c2)C(=O)N1Cc1cccc2ccccc12. The Hall–Kier alpha value is -2.48. The van der Waals surface area contributed by atoms with E-state index in [-0.39, 0.29) is 24.3 Å². The maximum absolute atomic E-state index is 13.1. The lowest BCUT2D eigenvalue weighted by molar-refractivity contribution is -0.123. The standard InChI is InChI=1S/C28H17BrCl3NO3S/c29-21-10-17(12-24(32)26(21)36-15-16-8-9-22(30)23(31)11-16)13-25-27(34)33(28(35)37-25)14-19-6-3-5-18-4-1-2-7-20(18)19/h1-13H,14-15H2/b25-13+. The minimum Gasteiger partial charge on any atom is -0.486 e. The van der Waals surface area contributed by atoms with Gasteiger partial charge in [-0.2, -0.15) is 0 Å². The van der Waals surface area contributed by atoms with E-state index in [9.17, 15) is 9.59 Å². The first-order chi connectivity index (χ1) is 17.8. The summed E-state index contributed by atoms with van der Waals surface area (Å²) in [4.78, 5) is 27.5. The lowest BCUT2D eigenvalue weighted by atomic mass is 10.0. The molecular weight excluding hydrogens is 617 g/mol. The van der Waals surface area contributed by atoms with Crippen LogP contribution >= 0.6 is 62.5 Å². The van der Waals surface area contributed by atoms with E-state index in [1.807, 2.05) is 48.5 Å². The van der Waals surface area contributed by atoms with Gasteiger partial charge in [-0.05, 0) is 85.5 Å². The second kappa shape index (κ2) is 11.1. The number of fused-ring (bicyclic) bond motifs is 1. The predicted octanol–water partition coefficient (Wildman–Crippen LogP) is 9.38. The molecule has 1 heterocycles. The molecule has 1 saturated heterocycles. The molecule has 1 aliphatic rings. The van der Waals surface area contributed by atoms with Gasteiger partial charge in [-0.1, -0.05) is 83.3 Å². The van der Waals surface area contributed by atoms with Crippen LogP contribution in [-0.2, 0) is 17.9 Å². The number of hydrogen-bond acceptors (Lipinski definition) is 4. The molecule has 186 valence electrons. The number of rotatable bonds is 6. The Kier molecular flexibility index (Phi) is 7.84. The van der Waals surface area contributed by atoms with E-state index in [1.54, 1.807) is 30.3 Å². The first-order valence-electron chi connectivity index (χ1n) is 11.1. The number of amides is 2. The van der Waals surface area contributed by atoms with Gasteiger partial charge in [0.15, 0.2) is 5.75 Å². The van der Waals surface area contributed by atoms with Gasteiger partial charge in [-0.3, -0.25) is 14.5 Å². The molecule has 0 unspecified atom stereocenters. The molecule has 9 heteroatoms. The Morgan fingerprint density at radius 2 is 1.68 bits per heavy atom. The summed E-state index contributed by atoms with van der Waals surface area (Å²) in [5, 5.41) is 3.03. The highest BCUT2D eigenvalue weighted by Crippen LogP contribution is 2.39. The topological polar surface area (TPSA) is 46.6 Å². The number of halogens is 4. The Morgan fingerprint density at radius 3 is 2.46 bits per heavy atom. The van der Waals surface area contributed by atoms with Crippen LogP contribution in [0.2, 0.25) is 15.1 Å². The Balaban J connectivity index is 1.34. The van der Waals surface area contributed by atoms with E-state index >= 15 is 0 Å². The number of carbonyl (C=O) groups excluding carboxylic acids is 2. The molecule has 0 bridgehead atoms. The monoisotopic (exact) mass is 631 g/mol. The number of imide groups is 1. The third kappa shape index (κ3) is 5.69. The molecule has 0 N–H and O–H groups in total. The van der Waals surface area contributed by atoms with Crippen molar-refractivity contribution in [2.75, 3.05) is 0 Å². The molecule has 1 fully saturated rings. The molecule has 0 spiro atoms. The van der Waals surface area contributed by atoms with Crippen molar-refractivity contribution in [1.29, 1.82) is 0 Å². The highest BCUT2D eigenvalue weighted by molar-refractivity contribution is 9.10. The molecule has 1 aliphatic heterocycles. The Labute approximate surface area is 241 Å². The first-order valence-corrected chi connectivity index (χ1v) is 13.8. The predicted molar refractivity (Wildman–Crippen MR) is 155 cm³/mol. The highest BCUT2D eigenvalue weighted by Gasteiger charge is 2.35. The third-order valence-electron chi connectivity index (χ3n) is 5.77. The molecule has 2 amide bonds. The van der Waals surface area contributed by atoms with Gasteiger partial charge in [0.1, 0.15) is 6.61 Å². The molecule has 4 nitrogen and oxygen atoms in total. The van der Waals surface area contributed by atoms with Crippen LogP contribution in [0.1, 0.15) is 16.7 Å². The van der Waals surface area contributed by atoms with Gasteiger partial charge in [0, 0.05) is 0 Å². The van der Waals surface area contributed by atoms with Gasteiger partial charge in [-0.15, -0.1) is 0 Å². The maximum Gasteiger partial charge on any atom is 0.293 e. The molecule has 37 heavy (non-hydrogen) atoms. The van der Waals surface area contributed by atoms with Crippen LogP contribution < -0.4 is 4.74 Å². The largest absolute Gasteiger partial charge is 0.486 e. The lowest BCUT2D eigenvalue weighted by Crippen LogP contribution is -2.27. The minimum atomic E-state index is -0.338. The van der Waals surface area contributed by atoms with Crippen molar-refractivity contribution < 1.29 is 14.3 Å². The number of nitrogens with zero attached hydrogens (tertiary/aromatic N) is 1. The number of ether oxygens (including phenoxy) is 1. The van der Waals surface area contributed by atoms with Crippen LogP contribution in [0.3, 0.4) is 0 Å². The van der Waals surface area contributed by atoms with Crippen molar-refractivity contribution in [1.82, 2.24) is 4.90 Å². The van der Waals surface area contributed by atoms with Crippen LogP contribution in [0.5, 0.6) is 5.75 Å². The number of benzene rings is 4. The zero-order valence-corrected chi connectivity index (χ0v) is 23.7. The quantitative estimate of drug-likeness (QED) is 0.199. The van der Waals surface area contributed by atoms with Gasteiger partial charge >= 0.3 is 0 Å². The van der Waals surface area contributed by atoms with Crippen molar-refractivity contribution in [2.24, 2.45) is 0 Å². The molecule has 0 aromatic heterocycles. The van der Waals surface area contributed by atoms with Crippen molar-refractivity contribution in [3.05, 3.63) is 114 Å². The molecular formula is C28H17BrCl3NO3S. The molecule has 0 aliphatic carbocycles. The second-order valence-electron chi connectivity index (χ2n) is 8.26. The summed E-state index contributed by atoms with van der Waals surface area (Å²) >= 11 is 23.0. The highest BCUT2D eigenvalue weighted by atomic mass is 79.9. The molecule has 5 rings (SSSR count). The van der Waals surface area contributed by atoms with Gasteiger partial charge in [0.05, 0.1) is 31.0 Å². The summed E-state index contributed by atoms with van der Waals surface area (Å²) in [5.41, 5.74) is 2.41. The third-order valence-corrected chi connectivity index (χ3v) is 8.28.